The van der Waals surface area contributed by atoms with Gasteiger partial charge < -0.3 is 5.73 Å². The van der Waals surface area contributed by atoms with Crippen LogP contribution in [0, 0.1) is 19.7 Å². The van der Waals surface area contributed by atoms with Gasteiger partial charge in [0.1, 0.15) is 5.82 Å². The van der Waals surface area contributed by atoms with E-state index < -0.39 is 0 Å². The van der Waals surface area contributed by atoms with E-state index in [4.69, 9.17) is 10.7 Å². The van der Waals surface area contributed by atoms with Crippen LogP contribution in [0.5, 0.6) is 0 Å². The second kappa shape index (κ2) is 9.71. The molecule has 1 unspecified atom stereocenters. The van der Waals surface area contributed by atoms with Crippen molar-refractivity contribution in [1.29, 1.82) is 0 Å². The molecule has 0 spiro atoms. The Bertz CT molecular complexity index is 1040. The Kier molecular flexibility index (Phi) is 7.04. The van der Waals surface area contributed by atoms with Crippen molar-refractivity contribution in [3.63, 3.8) is 0 Å². The Hall–Kier alpha value is -2.94. The summed E-state index contributed by atoms with van der Waals surface area (Å²) in [6, 6.07) is 15.0. The number of aryl methyl sites for hydroxylation is 2. The van der Waals surface area contributed by atoms with E-state index in [9.17, 15) is 4.39 Å². The van der Waals surface area contributed by atoms with E-state index in [0.29, 0.717) is 5.92 Å². The first kappa shape index (κ1) is 21.8. The number of nitrogens with zero attached hydrogens (tertiary/aromatic N) is 1. The zero-order valence-corrected chi connectivity index (χ0v) is 18.4. The zero-order valence-electron chi connectivity index (χ0n) is 18.4. The molecule has 3 rings (SSSR count). The number of hydrogen-bond acceptors (Lipinski definition) is 2. The number of pyridine rings is 1. The fraction of sp³-hybridized carbons (Fsp3) is 0.296. The monoisotopic (exact) mass is 402 g/mol. The second-order valence-corrected chi connectivity index (χ2v) is 8.07. The number of allylic oxidation sites excluding steroid dienone is 1. The summed E-state index contributed by atoms with van der Waals surface area (Å²) in [5, 5.41) is 0. The van der Waals surface area contributed by atoms with Crippen LogP contribution >= 0.6 is 0 Å². The van der Waals surface area contributed by atoms with Crippen LogP contribution in [0.4, 0.5) is 10.1 Å². The molecule has 2 N–H and O–H groups in total. The third kappa shape index (κ3) is 5.15. The highest BCUT2D eigenvalue weighted by Crippen LogP contribution is 2.31. The largest absolute Gasteiger partial charge is 0.398 e. The van der Waals surface area contributed by atoms with E-state index in [1.165, 1.54) is 28.8 Å². The van der Waals surface area contributed by atoms with Crippen LogP contribution in [0.3, 0.4) is 0 Å². The van der Waals surface area contributed by atoms with Gasteiger partial charge in [0, 0.05) is 16.9 Å². The van der Waals surface area contributed by atoms with Gasteiger partial charge in [-0.3, -0.25) is 4.98 Å². The molecular formula is C27H31FN2. The molecule has 0 fully saturated rings. The molecule has 0 aliphatic heterocycles. The predicted octanol–water partition coefficient (Wildman–Crippen LogP) is 7.25. The van der Waals surface area contributed by atoms with Crippen LogP contribution in [0.1, 0.15) is 60.6 Å². The van der Waals surface area contributed by atoms with E-state index in [-0.39, 0.29) is 5.82 Å². The molecule has 156 valence electrons. The molecule has 0 aliphatic carbocycles. The van der Waals surface area contributed by atoms with Gasteiger partial charge in [0.05, 0.1) is 5.69 Å². The topological polar surface area (TPSA) is 38.9 Å². The first-order valence-electron chi connectivity index (χ1n) is 10.7. The van der Waals surface area contributed by atoms with E-state index in [1.54, 1.807) is 0 Å². The molecule has 1 atom stereocenters. The summed E-state index contributed by atoms with van der Waals surface area (Å²) >= 11 is 0. The summed E-state index contributed by atoms with van der Waals surface area (Å²) < 4.78 is 13.4. The minimum atomic E-state index is -0.227. The molecule has 0 bridgehead atoms. The van der Waals surface area contributed by atoms with Crippen LogP contribution in [-0.2, 0) is 6.42 Å². The van der Waals surface area contributed by atoms with E-state index in [0.717, 1.165) is 47.5 Å². The third-order valence-electron chi connectivity index (χ3n) is 5.73. The van der Waals surface area contributed by atoms with Gasteiger partial charge in [-0.25, -0.2) is 4.39 Å². The van der Waals surface area contributed by atoms with E-state index in [1.807, 2.05) is 25.1 Å². The molecule has 0 radical (unpaired) electrons. The number of aromatic nitrogens is 1. The van der Waals surface area contributed by atoms with Crippen molar-refractivity contribution in [3.8, 4) is 11.3 Å². The standard InChI is InChI=1S/C27H31FN2/c1-5-19(3)25-17-24(9-7-6-8-21-11-10-18(2)16-26(21)29)30-27(20(25)4)22-12-14-23(28)15-13-22/h6,8,10-17,19H,5,7,9,29H2,1-4H3/b8-6+. The number of hydrogen-bond donors (Lipinski definition) is 1. The van der Waals surface area contributed by atoms with Crippen molar-refractivity contribution in [2.45, 2.75) is 52.9 Å². The molecule has 2 nitrogen and oxygen atoms in total. The maximum Gasteiger partial charge on any atom is 0.123 e. The average Bonchev–Trinajstić information content (AvgIpc) is 2.73. The summed E-state index contributed by atoms with van der Waals surface area (Å²) in [4.78, 5) is 4.94. The van der Waals surface area contributed by atoms with Gasteiger partial charge in [0.2, 0.25) is 0 Å². The zero-order chi connectivity index (χ0) is 21.7. The highest BCUT2D eigenvalue weighted by molar-refractivity contribution is 5.66. The van der Waals surface area contributed by atoms with Gasteiger partial charge in [-0.2, -0.15) is 0 Å². The number of anilines is 1. The summed E-state index contributed by atoms with van der Waals surface area (Å²) in [5.41, 5.74) is 14.6. The molecule has 0 amide bonds. The molecule has 3 heteroatoms. The van der Waals surface area contributed by atoms with Crippen molar-refractivity contribution >= 4 is 11.8 Å². The molecule has 3 aromatic rings. The lowest BCUT2D eigenvalue weighted by Gasteiger charge is -2.18. The smallest absolute Gasteiger partial charge is 0.123 e. The highest BCUT2D eigenvalue weighted by Gasteiger charge is 2.14. The molecular weight excluding hydrogens is 371 g/mol. The molecule has 2 aromatic carbocycles. The van der Waals surface area contributed by atoms with Gasteiger partial charge in [-0.1, -0.05) is 38.1 Å². The van der Waals surface area contributed by atoms with E-state index in [2.05, 4.69) is 51.1 Å². The van der Waals surface area contributed by atoms with Crippen LogP contribution in [0.15, 0.2) is 54.6 Å². The molecule has 1 aromatic heterocycles. The lowest BCUT2D eigenvalue weighted by atomic mass is 9.91. The predicted molar refractivity (Wildman–Crippen MR) is 126 cm³/mol. The summed E-state index contributed by atoms with van der Waals surface area (Å²) in [6.45, 7) is 8.62. The van der Waals surface area contributed by atoms with Crippen molar-refractivity contribution < 1.29 is 4.39 Å². The van der Waals surface area contributed by atoms with Crippen molar-refractivity contribution in [2.75, 3.05) is 5.73 Å². The Morgan fingerprint density at radius 1 is 1.07 bits per heavy atom. The van der Waals surface area contributed by atoms with Gasteiger partial charge in [-0.15, -0.1) is 0 Å². The minimum Gasteiger partial charge on any atom is -0.398 e. The lowest BCUT2D eigenvalue weighted by Crippen LogP contribution is -2.03. The van der Waals surface area contributed by atoms with E-state index >= 15 is 0 Å². The van der Waals surface area contributed by atoms with Gasteiger partial charge >= 0.3 is 0 Å². The second-order valence-electron chi connectivity index (χ2n) is 8.07. The molecule has 0 aliphatic rings. The Morgan fingerprint density at radius 3 is 2.47 bits per heavy atom. The molecule has 30 heavy (non-hydrogen) atoms. The summed E-state index contributed by atoms with van der Waals surface area (Å²) in [6.07, 6.45) is 7.04. The number of nitrogens with two attached hydrogens (primary N) is 1. The van der Waals surface area contributed by atoms with Crippen molar-refractivity contribution in [3.05, 3.63) is 88.4 Å². The molecule has 1 heterocycles. The maximum atomic E-state index is 13.4. The minimum absolute atomic E-state index is 0.227. The van der Waals surface area contributed by atoms with Crippen LogP contribution in [-0.4, -0.2) is 4.98 Å². The SMILES string of the molecule is CCC(C)c1cc(CC/C=C/c2ccc(C)cc2N)nc(-c2ccc(F)cc2)c1C. The van der Waals surface area contributed by atoms with Gasteiger partial charge in [-0.05, 0) is 97.7 Å². The van der Waals surface area contributed by atoms with Crippen LogP contribution in [0.2, 0.25) is 0 Å². The van der Waals surface area contributed by atoms with Crippen LogP contribution < -0.4 is 5.73 Å². The number of rotatable bonds is 7. The molecule has 0 saturated heterocycles. The van der Waals surface area contributed by atoms with Crippen molar-refractivity contribution in [1.82, 2.24) is 4.98 Å². The third-order valence-corrected chi connectivity index (χ3v) is 5.73. The lowest BCUT2D eigenvalue weighted by molar-refractivity contribution is 0.628. The highest BCUT2D eigenvalue weighted by atomic mass is 19.1. The normalized spacial score (nSPS) is 12.4. The first-order valence-corrected chi connectivity index (χ1v) is 10.7. The van der Waals surface area contributed by atoms with Crippen molar-refractivity contribution in [2.24, 2.45) is 0 Å². The fourth-order valence-electron chi connectivity index (χ4n) is 3.72. The fourth-order valence-corrected chi connectivity index (χ4v) is 3.72. The number of benzene rings is 2. The van der Waals surface area contributed by atoms with Gasteiger partial charge in [0.25, 0.3) is 0 Å². The summed E-state index contributed by atoms with van der Waals surface area (Å²) in [5.74, 6) is 0.226. The average molecular weight is 403 g/mol. The maximum absolute atomic E-state index is 13.4. The number of halogens is 1. The quantitative estimate of drug-likeness (QED) is 0.423. The Labute approximate surface area is 179 Å². The molecule has 0 saturated carbocycles. The summed E-state index contributed by atoms with van der Waals surface area (Å²) in [7, 11) is 0. The van der Waals surface area contributed by atoms with Crippen LogP contribution in [0.25, 0.3) is 17.3 Å². The number of nitrogen functional groups attached to an aromatic ring is 1. The Morgan fingerprint density at radius 2 is 1.80 bits per heavy atom. The Balaban J connectivity index is 1.85. The van der Waals surface area contributed by atoms with Gasteiger partial charge in [0.15, 0.2) is 0 Å². The first-order chi connectivity index (χ1) is 14.4.